The first-order valence-electron chi connectivity index (χ1n) is 4.68. The number of aryl methyl sites for hydroxylation is 2. The summed E-state index contributed by atoms with van der Waals surface area (Å²) in [7, 11) is 0. The van der Waals surface area contributed by atoms with Gasteiger partial charge in [0.1, 0.15) is 5.82 Å². The van der Waals surface area contributed by atoms with Crippen molar-refractivity contribution in [1.29, 1.82) is 0 Å². The summed E-state index contributed by atoms with van der Waals surface area (Å²) in [6.45, 7) is 0.526. The number of alkyl halides is 3. The van der Waals surface area contributed by atoms with E-state index in [1.54, 1.807) is 0 Å². The molecule has 7 heteroatoms. The van der Waals surface area contributed by atoms with Crippen LogP contribution in [0, 0.1) is 0 Å². The second kappa shape index (κ2) is 5.11. The second-order valence-corrected chi connectivity index (χ2v) is 3.21. The van der Waals surface area contributed by atoms with E-state index in [1.807, 2.05) is 0 Å². The van der Waals surface area contributed by atoms with Crippen molar-refractivity contribution in [2.75, 3.05) is 6.54 Å². The second-order valence-electron chi connectivity index (χ2n) is 3.21. The van der Waals surface area contributed by atoms with Gasteiger partial charge in [0.05, 0.1) is 6.42 Å². The minimum Gasteiger partial charge on any atom is -0.330 e. The lowest BCUT2D eigenvalue weighted by molar-refractivity contribution is -0.134. The summed E-state index contributed by atoms with van der Waals surface area (Å²) in [4.78, 5) is 3.93. The highest BCUT2D eigenvalue weighted by molar-refractivity contribution is 4.91. The van der Waals surface area contributed by atoms with E-state index < -0.39 is 12.6 Å². The van der Waals surface area contributed by atoms with Crippen molar-refractivity contribution in [3.05, 3.63) is 11.6 Å². The van der Waals surface area contributed by atoms with Gasteiger partial charge >= 0.3 is 6.18 Å². The molecule has 0 aliphatic carbocycles. The van der Waals surface area contributed by atoms with Crippen molar-refractivity contribution < 1.29 is 13.2 Å². The molecule has 1 rings (SSSR count). The third-order valence-corrected chi connectivity index (χ3v) is 1.83. The lowest BCUT2D eigenvalue weighted by Crippen LogP contribution is -2.09. The Morgan fingerprint density at radius 2 is 2.00 bits per heavy atom. The summed E-state index contributed by atoms with van der Waals surface area (Å²) in [5.74, 6) is 0.803. The predicted octanol–water partition coefficient (Wildman–Crippen LogP) is 1.19. The van der Waals surface area contributed by atoms with E-state index in [-0.39, 0.29) is 12.2 Å². The summed E-state index contributed by atoms with van der Waals surface area (Å²) in [6, 6.07) is 0. The van der Waals surface area contributed by atoms with Gasteiger partial charge in [-0.15, -0.1) is 0 Å². The zero-order valence-corrected chi connectivity index (χ0v) is 8.14. The smallest absolute Gasteiger partial charge is 0.330 e. The summed E-state index contributed by atoms with van der Waals surface area (Å²) < 4.78 is 35.6. The van der Waals surface area contributed by atoms with E-state index in [2.05, 4.69) is 15.2 Å². The summed E-state index contributed by atoms with van der Waals surface area (Å²) >= 11 is 0. The standard InChI is InChI=1S/C8H13F3N4/c9-8(10,11)4-3-7-13-6(14-15-7)2-1-5-12/h1-5,12H2,(H,13,14,15). The van der Waals surface area contributed by atoms with Gasteiger partial charge in [0.2, 0.25) is 0 Å². The van der Waals surface area contributed by atoms with Crippen molar-refractivity contribution in [1.82, 2.24) is 15.2 Å². The highest BCUT2D eigenvalue weighted by Gasteiger charge is 2.27. The number of aromatic nitrogens is 3. The minimum absolute atomic E-state index is 0.178. The van der Waals surface area contributed by atoms with Gasteiger partial charge in [0.25, 0.3) is 0 Å². The Hall–Kier alpha value is -1.11. The molecular formula is C8H13F3N4. The van der Waals surface area contributed by atoms with Crippen LogP contribution in [0.15, 0.2) is 0 Å². The van der Waals surface area contributed by atoms with Crippen molar-refractivity contribution in [2.45, 2.75) is 31.9 Å². The van der Waals surface area contributed by atoms with Crippen LogP contribution in [-0.4, -0.2) is 27.9 Å². The van der Waals surface area contributed by atoms with E-state index in [0.717, 1.165) is 6.42 Å². The van der Waals surface area contributed by atoms with Gasteiger partial charge in [-0.3, -0.25) is 5.10 Å². The average molecular weight is 222 g/mol. The van der Waals surface area contributed by atoms with Crippen LogP contribution in [0.1, 0.15) is 24.5 Å². The molecule has 0 radical (unpaired) electrons. The molecule has 0 aromatic carbocycles. The fourth-order valence-electron chi connectivity index (χ4n) is 1.08. The number of H-pyrrole nitrogens is 1. The van der Waals surface area contributed by atoms with Crippen LogP contribution in [0.25, 0.3) is 0 Å². The van der Waals surface area contributed by atoms with Crippen LogP contribution < -0.4 is 5.73 Å². The van der Waals surface area contributed by atoms with Gasteiger partial charge < -0.3 is 5.73 Å². The van der Waals surface area contributed by atoms with Crippen LogP contribution in [0.4, 0.5) is 13.2 Å². The van der Waals surface area contributed by atoms with Gasteiger partial charge in [-0.25, -0.2) is 4.98 Å². The Labute approximate surface area is 85.1 Å². The predicted molar refractivity (Wildman–Crippen MR) is 48.1 cm³/mol. The molecule has 3 N–H and O–H groups in total. The first-order valence-corrected chi connectivity index (χ1v) is 4.68. The maximum Gasteiger partial charge on any atom is 0.389 e. The molecule has 0 amide bonds. The lowest BCUT2D eigenvalue weighted by atomic mass is 10.3. The minimum atomic E-state index is -4.15. The molecule has 1 heterocycles. The SMILES string of the molecule is NCCCc1nc(CCC(F)(F)F)n[nH]1. The first kappa shape index (κ1) is 12.0. The third-order valence-electron chi connectivity index (χ3n) is 1.83. The average Bonchev–Trinajstić information content (AvgIpc) is 2.58. The zero-order valence-electron chi connectivity index (χ0n) is 8.14. The van der Waals surface area contributed by atoms with Crippen molar-refractivity contribution in [3.63, 3.8) is 0 Å². The molecule has 1 aromatic heterocycles. The molecule has 0 atom stereocenters. The number of nitrogens with two attached hydrogens (primary N) is 1. The van der Waals surface area contributed by atoms with Crippen molar-refractivity contribution in [3.8, 4) is 0 Å². The van der Waals surface area contributed by atoms with E-state index in [1.165, 1.54) is 0 Å². The third kappa shape index (κ3) is 4.78. The number of halogens is 3. The molecule has 1 aromatic rings. The van der Waals surface area contributed by atoms with Gasteiger partial charge in [0.15, 0.2) is 5.82 Å². The summed E-state index contributed by atoms with van der Waals surface area (Å²) in [6.07, 6.45) is -3.86. The normalized spacial score (nSPS) is 12.0. The molecule has 86 valence electrons. The molecule has 0 saturated heterocycles. The monoisotopic (exact) mass is 222 g/mol. The van der Waals surface area contributed by atoms with Gasteiger partial charge in [-0.2, -0.15) is 18.3 Å². The number of nitrogens with one attached hydrogen (secondary N) is 1. The highest BCUT2D eigenvalue weighted by atomic mass is 19.4. The molecule has 0 fully saturated rings. The molecule has 0 bridgehead atoms. The quantitative estimate of drug-likeness (QED) is 0.786. The molecule has 15 heavy (non-hydrogen) atoms. The number of hydrogen-bond donors (Lipinski definition) is 2. The van der Waals surface area contributed by atoms with E-state index in [9.17, 15) is 13.2 Å². The molecule has 0 spiro atoms. The largest absolute Gasteiger partial charge is 0.389 e. The van der Waals surface area contributed by atoms with Crippen LogP contribution in [0.2, 0.25) is 0 Å². The maximum atomic E-state index is 11.9. The molecule has 0 aliphatic heterocycles. The molecule has 4 nitrogen and oxygen atoms in total. The number of nitrogens with zero attached hydrogens (tertiary/aromatic N) is 2. The Kier molecular flexibility index (Phi) is 4.07. The van der Waals surface area contributed by atoms with E-state index >= 15 is 0 Å². The lowest BCUT2D eigenvalue weighted by Gasteiger charge is -2.02. The summed E-state index contributed by atoms with van der Waals surface area (Å²) in [5, 5.41) is 6.29. The Morgan fingerprint density at radius 3 is 2.60 bits per heavy atom. The topological polar surface area (TPSA) is 67.6 Å². The van der Waals surface area contributed by atoms with Crippen LogP contribution in [-0.2, 0) is 12.8 Å². The maximum absolute atomic E-state index is 11.9. The Bertz CT molecular complexity index is 294. The Morgan fingerprint density at radius 1 is 1.27 bits per heavy atom. The molecule has 0 saturated carbocycles. The number of rotatable bonds is 5. The van der Waals surface area contributed by atoms with Crippen LogP contribution in [0.3, 0.4) is 0 Å². The van der Waals surface area contributed by atoms with Gasteiger partial charge in [-0.05, 0) is 13.0 Å². The zero-order chi connectivity index (χ0) is 11.3. The Balaban J connectivity index is 2.39. The number of aromatic amines is 1. The van der Waals surface area contributed by atoms with E-state index in [0.29, 0.717) is 18.8 Å². The number of hydrogen-bond acceptors (Lipinski definition) is 3. The molecule has 0 unspecified atom stereocenters. The van der Waals surface area contributed by atoms with Crippen LogP contribution in [0.5, 0.6) is 0 Å². The first-order chi connectivity index (χ1) is 7.01. The summed E-state index contributed by atoms with van der Waals surface area (Å²) in [5.41, 5.74) is 5.29. The fraction of sp³-hybridized carbons (Fsp3) is 0.750. The van der Waals surface area contributed by atoms with E-state index in [4.69, 9.17) is 5.73 Å². The molecule has 0 aliphatic rings. The van der Waals surface area contributed by atoms with Crippen molar-refractivity contribution in [2.24, 2.45) is 5.73 Å². The van der Waals surface area contributed by atoms with Gasteiger partial charge in [-0.1, -0.05) is 0 Å². The molecular weight excluding hydrogens is 209 g/mol. The van der Waals surface area contributed by atoms with Crippen molar-refractivity contribution >= 4 is 0 Å². The van der Waals surface area contributed by atoms with Gasteiger partial charge in [0, 0.05) is 12.8 Å². The highest BCUT2D eigenvalue weighted by Crippen LogP contribution is 2.20. The van der Waals surface area contributed by atoms with Crippen LogP contribution >= 0.6 is 0 Å². The fourth-order valence-corrected chi connectivity index (χ4v) is 1.08.